The van der Waals surface area contributed by atoms with Crippen molar-refractivity contribution >= 4 is 21.6 Å². The lowest BCUT2D eigenvalue weighted by molar-refractivity contribution is -0.118. The van der Waals surface area contributed by atoms with E-state index in [2.05, 4.69) is 15.5 Å². The zero-order valence-corrected chi connectivity index (χ0v) is 14.4. The van der Waals surface area contributed by atoms with Gasteiger partial charge in [0.25, 0.3) is 5.91 Å². The van der Waals surface area contributed by atoms with Crippen LogP contribution in [0.4, 0.5) is 5.69 Å². The number of nitrogens with zero attached hydrogens (tertiary/aromatic N) is 4. The zero-order chi connectivity index (χ0) is 17.6. The number of aromatic nitrogens is 3. The number of ether oxygens (including phenoxy) is 1. The molecule has 0 aliphatic carbocycles. The minimum absolute atomic E-state index is 0.0724. The summed E-state index contributed by atoms with van der Waals surface area (Å²) in [5.74, 6) is 1.67. The molecule has 0 fully saturated rings. The molecule has 1 aromatic carbocycles. The number of rotatable bonds is 4. The molecule has 0 saturated heterocycles. The fourth-order valence-corrected chi connectivity index (χ4v) is 4.17. The summed E-state index contributed by atoms with van der Waals surface area (Å²) in [6.07, 6.45) is 1.87. The summed E-state index contributed by atoms with van der Waals surface area (Å²) in [4.78, 5) is 11.5. The standard InChI is InChI=1S/C15H17N5O4S/c1-19(8-14-18-17-13-3-2-6-20(13)14)25(22,23)10-4-5-12-11(7-10)16-15(21)9-24-12/h4-5,7H,2-3,6,8-9H2,1H3,(H,16,21). The van der Waals surface area contributed by atoms with Gasteiger partial charge in [0.05, 0.1) is 17.1 Å². The molecule has 0 saturated carbocycles. The molecule has 0 atom stereocenters. The molecule has 0 unspecified atom stereocenters. The number of sulfonamides is 1. The SMILES string of the molecule is CN(Cc1nnc2n1CCC2)S(=O)(=O)c1ccc2c(c1)NC(=O)CO2. The molecule has 2 aliphatic heterocycles. The van der Waals surface area contributed by atoms with E-state index >= 15 is 0 Å². The first kappa shape index (κ1) is 16.0. The fraction of sp³-hybridized carbons (Fsp3) is 0.400. The number of benzene rings is 1. The van der Waals surface area contributed by atoms with Gasteiger partial charge in [-0.3, -0.25) is 4.79 Å². The Hall–Kier alpha value is -2.46. The van der Waals surface area contributed by atoms with E-state index in [1.165, 1.54) is 23.5 Å². The van der Waals surface area contributed by atoms with Crippen LogP contribution in [0.25, 0.3) is 0 Å². The summed E-state index contributed by atoms with van der Waals surface area (Å²) in [6, 6.07) is 4.42. The van der Waals surface area contributed by atoms with E-state index in [-0.39, 0.29) is 24.0 Å². The molecule has 1 amide bonds. The van der Waals surface area contributed by atoms with Gasteiger partial charge in [0.1, 0.15) is 17.4 Å². The van der Waals surface area contributed by atoms with Crippen molar-refractivity contribution in [3.05, 3.63) is 29.8 Å². The van der Waals surface area contributed by atoms with Gasteiger partial charge in [0.2, 0.25) is 10.0 Å². The second kappa shape index (κ2) is 5.81. The van der Waals surface area contributed by atoms with E-state index in [1.807, 2.05) is 4.57 Å². The number of fused-ring (bicyclic) bond motifs is 2. The van der Waals surface area contributed by atoms with Crippen LogP contribution in [-0.4, -0.2) is 47.0 Å². The number of carbonyl (C=O) groups excluding carboxylic acids is 1. The second-order valence-electron chi connectivity index (χ2n) is 6.04. The fourth-order valence-electron chi connectivity index (χ4n) is 3.01. The molecule has 0 bridgehead atoms. The van der Waals surface area contributed by atoms with Gasteiger partial charge < -0.3 is 14.6 Å². The highest BCUT2D eigenvalue weighted by Crippen LogP contribution is 2.31. The first-order chi connectivity index (χ1) is 11.9. The number of carbonyl (C=O) groups is 1. The van der Waals surface area contributed by atoms with Crippen molar-refractivity contribution in [1.29, 1.82) is 0 Å². The quantitative estimate of drug-likeness (QED) is 0.841. The van der Waals surface area contributed by atoms with E-state index in [9.17, 15) is 13.2 Å². The Morgan fingerprint density at radius 2 is 2.20 bits per heavy atom. The largest absolute Gasteiger partial charge is 0.482 e. The second-order valence-corrected chi connectivity index (χ2v) is 8.09. The first-order valence-corrected chi connectivity index (χ1v) is 9.33. The van der Waals surface area contributed by atoms with Crippen molar-refractivity contribution < 1.29 is 17.9 Å². The third-order valence-electron chi connectivity index (χ3n) is 4.34. The Labute approximate surface area is 144 Å². The van der Waals surface area contributed by atoms with Gasteiger partial charge in [0, 0.05) is 20.0 Å². The normalized spacial score (nSPS) is 16.3. The lowest BCUT2D eigenvalue weighted by Crippen LogP contribution is -2.29. The Morgan fingerprint density at radius 3 is 3.04 bits per heavy atom. The minimum atomic E-state index is -3.74. The zero-order valence-electron chi connectivity index (χ0n) is 13.6. The van der Waals surface area contributed by atoms with Crippen LogP contribution in [0.5, 0.6) is 5.75 Å². The molecule has 25 heavy (non-hydrogen) atoms. The number of hydrogen-bond donors (Lipinski definition) is 1. The Morgan fingerprint density at radius 1 is 1.36 bits per heavy atom. The average molecular weight is 363 g/mol. The van der Waals surface area contributed by atoms with Crippen LogP contribution in [0.2, 0.25) is 0 Å². The molecular weight excluding hydrogens is 346 g/mol. The van der Waals surface area contributed by atoms with Gasteiger partial charge in [-0.1, -0.05) is 0 Å². The van der Waals surface area contributed by atoms with Crippen LogP contribution in [0.1, 0.15) is 18.1 Å². The van der Waals surface area contributed by atoms with Gasteiger partial charge in [-0.15, -0.1) is 10.2 Å². The average Bonchev–Trinajstić information content (AvgIpc) is 3.19. The highest BCUT2D eigenvalue weighted by molar-refractivity contribution is 7.89. The molecule has 0 spiro atoms. The number of aryl methyl sites for hydroxylation is 1. The van der Waals surface area contributed by atoms with E-state index in [0.717, 1.165) is 25.2 Å². The third kappa shape index (κ3) is 2.76. The van der Waals surface area contributed by atoms with E-state index < -0.39 is 10.0 Å². The maximum Gasteiger partial charge on any atom is 0.262 e. The van der Waals surface area contributed by atoms with Gasteiger partial charge in [0.15, 0.2) is 6.61 Å². The lowest BCUT2D eigenvalue weighted by Gasteiger charge is -2.21. The van der Waals surface area contributed by atoms with Crippen LogP contribution in [0, 0.1) is 0 Å². The van der Waals surface area contributed by atoms with E-state index in [4.69, 9.17) is 4.74 Å². The summed E-state index contributed by atoms with van der Waals surface area (Å²) >= 11 is 0. The van der Waals surface area contributed by atoms with Crippen LogP contribution in [0.3, 0.4) is 0 Å². The van der Waals surface area contributed by atoms with Crippen molar-refractivity contribution in [2.24, 2.45) is 0 Å². The van der Waals surface area contributed by atoms with Gasteiger partial charge in [-0.25, -0.2) is 8.42 Å². The van der Waals surface area contributed by atoms with E-state index in [0.29, 0.717) is 17.3 Å². The summed E-state index contributed by atoms with van der Waals surface area (Å²) in [6.45, 7) is 0.875. The number of nitrogens with one attached hydrogen (secondary N) is 1. The van der Waals surface area contributed by atoms with Crippen LogP contribution < -0.4 is 10.1 Å². The van der Waals surface area contributed by atoms with Gasteiger partial charge in [-0.05, 0) is 24.6 Å². The molecule has 9 nitrogen and oxygen atoms in total. The van der Waals surface area contributed by atoms with Crippen molar-refractivity contribution in [3.8, 4) is 5.75 Å². The predicted octanol–water partition coefficient (Wildman–Crippen LogP) is 0.376. The highest BCUT2D eigenvalue weighted by Gasteiger charge is 2.27. The van der Waals surface area contributed by atoms with E-state index in [1.54, 1.807) is 6.07 Å². The molecule has 132 valence electrons. The van der Waals surface area contributed by atoms with Crippen LogP contribution in [0.15, 0.2) is 23.1 Å². The summed E-state index contributed by atoms with van der Waals surface area (Å²) in [5.41, 5.74) is 0.356. The first-order valence-electron chi connectivity index (χ1n) is 7.89. The summed E-state index contributed by atoms with van der Waals surface area (Å²) in [5, 5.41) is 10.8. The molecule has 2 aromatic rings. The number of hydrogen-bond acceptors (Lipinski definition) is 6. The lowest BCUT2D eigenvalue weighted by atomic mass is 10.2. The van der Waals surface area contributed by atoms with Gasteiger partial charge >= 0.3 is 0 Å². The molecule has 3 heterocycles. The molecule has 1 N–H and O–H groups in total. The Bertz CT molecular complexity index is 953. The molecule has 2 aliphatic rings. The minimum Gasteiger partial charge on any atom is -0.482 e. The van der Waals surface area contributed by atoms with Crippen LogP contribution in [-0.2, 0) is 34.3 Å². The van der Waals surface area contributed by atoms with Crippen molar-refractivity contribution in [2.45, 2.75) is 30.8 Å². The smallest absolute Gasteiger partial charge is 0.262 e. The highest BCUT2D eigenvalue weighted by atomic mass is 32.2. The Kier molecular flexibility index (Phi) is 3.73. The maximum atomic E-state index is 12.8. The topological polar surface area (TPSA) is 106 Å². The maximum absolute atomic E-state index is 12.8. The van der Waals surface area contributed by atoms with Crippen molar-refractivity contribution in [1.82, 2.24) is 19.1 Å². The number of anilines is 1. The molecule has 0 radical (unpaired) electrons. The molecule has 10 heteroatoms. The van der Waals surface area contributed by atoms with Crippen LogP contribution >= 0.6 is 0 Å². The monoisotopic (exact) mass is 363 g/mol. The molecule has 1 aromatic heterocycles. The third-order valence-corrected chi connectivity index (χ3v) is 6.14. The predicted molar refractivity (Wildman–Crippen MR) is 87.6 cm³/mol. The van der Waals surface area contributed by atoms with Crippen molar-refractivity contribution in [2.75, 3.05) is 19.0 Å². The van der Waals surface area contributed by atoms with Gasteiger partial charge in [-0.2, -0.15) is 4.31 Å². The molecular formula is C15H17N5O4S. The Balaban J connectivity index is 1.60. The number of amides is 1. The summed E-state index contributed by atoms with van der Waals surface area (Å²) < 4.78 is 34.1. The molecule has 4 rings (SSSR count). The van der Waals surface area contributed by atoms with Crippen molar-refractivity contribution in [3.63, 3.8) is 0 Å². The summed E-state index contributed by atoms with van der Waals surface area (Å²) in [7, 11) is -2.24.